The van der Waals surface area contributed by atoms with E-state index in [4.69, 9.17) is 10.5 Å². The van der Waals surface area contributed by atoms with E-state index in [2.05, 4.69) is 57.4 Å². The molecule has 2 heterocycles. The van der Waals surface area contributed by atoms with Crippen LogP contribution in [0, 0.1) is 0 Å². The van der Waals surface area contributed by atoms with Crippen molar-refractivity contribution in [1.82, 2.24) is 14.9 Å². The molecule has 0 amide bonds. The summed E-state index contributed by atoms with van der Waals surface area (Å²) in [6.45, 7) is 4.48. The zero-order chi connectivity index (χ0) is 19.6. The van der Waals surface area contributed by atoms with Gasteiger partial charge in [0.1, 0.15) is 17.9 Å². The Morgan fingerprint density at radius 2 is 2.00 bits per heavy atom. The van der Waals surface area contributed by atoms with Crippen LogP contribution in [0.15, 0.2) is 61.1 Å². The monoisotopic (exact) mass is 375 g/mol. The second-order valence-corrected chi connectivity index (χ2v) is 7.27. The number of aromatic nitrogens is 2. The standard InChI is InChI=1S/C22H25N5O/c1-22(14-23)20-11-18(26-21-9-10-24-15-25-21)6-5-17(20)13-27(22)12-16-3-7-19(28-2)8-4-16/h3-11,15H,12-14,23H2,1-2H3,(H,24,25,26). The molecular weight excluding hydrogens is 350 g/mol. The Bertz CT molecular complexity index is 945. The Hall–Kier alpha value is -2.96. The first-order chi connectivity index (χ1) is 13.6. The molecule has 3 aromatic rings. The first kappa shape index (κ1) is 18.4. The van der Waals surface area contributed by atoms with E-state index in [1.807, 2.05) is 18.2 Å². The number of nitrogens with zero attached hydrogens (tertiary/aromatic N) is 3. The highest BCUT2D eigenvalue weighted by Gasteiger charge is 2.40. The van der Waals surface area contributed by atoms with Crippen LogP contribution in [0.1, 0.15) is 23.6 Å². The van der Waals surface area contributed by atoms with Gasteiger partial charge in [0.15, 0.2) is 0 Å². The lowest BCUT2D eigenvalue weighted by atomic mass is 9.91. The molecule has 1 aromatic heterocycles. The number of ether oxygens (including phenoxy) is 1. The molecule has 28 heavy (non-hydrogen) atoms. The Balaban J connectivity index is 1.58. The van der Waals surface area contributed by atoms with Gasteiger partial charge in [-0.25, -0.2) is 9.97 Å². The van der Waals surface area contributed by atoms with Crippen molar-refractivity contribution >= 4 is 11.5 Å². The van der Waals surface area contributed by atoms with E-state index in [-0.39, 0.29) is 5.54 Å². The number of nitrogens with two attached hydrogens (primary N) is 1. The van der Waals surface area contributed by atoms with Crippen LogP contribution in [-0.2, 0) is 18.6 Å². The van der Waals surface area contributed by atoms with E-state index in [0.717, 1.165) is 30.3 Å². The molecule has 6 nitrogen and oxygen atoms in total. The van der Waals surface area contributed by atoms with Crippen molar-refractivity contribution in [3.8, 4) is 5.75 Å². The minimum Gasteiger partial charge on any atom is -0.497 e. The molecule has 0 aliphatic carbocycles. The predicted octanol–water partition coefficient (Wildman–Crippen LogP) is 3.42. The van der Waals surface area contributed by atoms with Gasteiger partial charge in [-0.1, -0.05) is 18.2 Å². The SMILES string of the molecule is COc1ccc(CN2Cc3ccc(Nc4ccncn4)cc3C2(C)CN)cc1. The lowest BCUT2D eigenvalue weighted by molar-refractivity contribution is 0.117. The van der Waals surface area contributed by atoms with E-state index >= 15 is 0 Å². The normalized spacial score (nSPS) is 18.7. The van der Waals surface area contributed by atoms with Gasteiger partial charge < -0.3 is 15.8 Å². The minimum absolute atomic E-state index is 0.224. The molecule has 0 radical (unpaired) electrons. The van der Waals surface area contributed by atoms with Gasteiger partial charge in [-0.15, -0.1) is 0 Å². The zero-order valence-corrected chi connectivity index (χ0v) is 16.2. The van der Waals surface area contributed by atoms with Crippen molar-refractivity contribution in [2.24, 2.45) is 5.73 Å². The van der Waals surface area contributed by atoms with Crippen molar-refractivity contribution in [3.63, 3.8) is 0 Å². The molecule has 1 atom stereocenters. The highest BCUT2D eigenvalue weighted by atomic mass is 16.5. The average molecular weight is 375 g/mol. The molecular formula is C22H25N5O. The largest absolute Gasteiger partial charge is 0.497 e. The Morgan fingerprint density at radius 3 is 2.68 bits per heavy atom. The molecule has 144 valence electrons. The fourth-order valence-electron chi connectivity index (χ4n) is 3.78. The summed E-state index contributed by atoms with van der Waals surface area (Å²) in [5, 5.41) is 3.35. The topological polar surface area (TPSA) is 76.3 Å². The van der Waals surface area contributed by atoms with Crippen molar-refractivity contribution in [2.45, 2.75) is 25.6 Å². The van der Waals surface area contributed by atoms with Crippen LogP contribution in [0.4, 0.5) is 11.5 Å². The quantitative estimate of drug-likeness (QED) is 0.688. The lowest BCUT2D eigenvalue weighted by Gasteiger charge is -2.35. The van der Waals surface area contributed by atoms with Crippen LogP contribution in [0.2, 0.25) is 0 Å². The third kappa shape index (κ3) is 3.44. The van der Waals surface area contributed by atoms with Crippen molar-refractivity contribution < 1.29 is 4.74 Å². The smallest absolute Gasteiger partial charge is 0.133 e. The Morgan fingerprint density at radius 1 is 1.18 bits per heavy atom. The highest BCUT2D eigenvalue weighted by molar-refractivity contribution is 5.59. The van der Waals surface area contributed by atoms with E-state index in [1.54, 1.807) is 13.3 Å². The van der Waals surface area contributed by atoms with Gasteiger partial charge in [-0.05, 0) is 53.9 Å². The maximum atomic E-state index is 6.27. The predicted molar refractivity (Wildman–Crippen MR) is 110 cm³/mol. The van der Waals surface area contributed by atoms with E-state index in [0.29, 0.717) is 6.54 Å². The van der Waals surface area contributed by atoms with Gasteiger partial charge >= 0.3 is 0 Å². The van der Waals surface area contributed by atoms with Crippen LogP contribution in [0.5, 0.6) is 5.75 Å². The van der Waals surface area contributed by atoms with Gasteiger partial charge in [0.2, 0.25) is 0 Å². The Kier molecular flexibility index (Phi) is 4.98. The number of nitrogens with one attached hydrogen (secondary N) is 1. The van der Waals surface area contributed by atoms with E-state index in [1.165, 1.54) is 23.0 Å². The number of anilines is 2. The van der Waals surface area contributed by atoms with Crippen LogP contribution in [0.25, 0.3) is 0 Å². The second-order valence-electron chi connectivity index (χ2n) is 7.27. The van der Waals surface area contributed by atoms with E-state index in [9.17, 15) is 0 Å². The molecule has 1 unspecified atom stereocenters. The number of methoxy groups -OCH3 is 1. The van der Waals surface area contributed by atoms with Crippen molar-refractivity contribution in [3.05, 3.63) is 77.7 Å². The number of hydrogen-bond acceptors (Lipinski definition) is 6. The van der Waals surface area contributed by atoms with Crippen LogP contribution >= 0.6 is 0 Å². The summed E-state index contributed by atoms with van der Waals surface area (Å²) < 4.78 is 5.26. The molecule has 2 aromatic carbocycles. The molecule has 6 heteroatoms. The molecule has 1 aliphatic heterocycles. The molecule has 0 spiro atoms. The molecule has 0 saturated heterocycles. The molecule has 0 bridgehead atoms. The number of rotatable bonds is 6. The average Bonchev–Trinajstić information content (AvgIpc) is 3.01. The van der Waals surface area contributed by atoms with Crippen molar-refractivity contribution in [1.29, 1.82) is 0 Å². The first-order valence-corrected chi connectivity index (χ1v) is 9.37. The summed E-state index contributed by atoms with van der Waals surface area (Å²) in [5.74, 6) is 1.65. The molecule has 3 N–H and O–H groups in total. The van der Waals surface area contributed by atoms with Crippen LogP contribution in [0.3, 0.4) is 0 Å². The van der Waals surface area contributed by atoms with Gasteiger partial charge in [0, 0.05) is 31.5 Å². The molecule has 0 saturated carbocycles. The second kappa shape index (κ2) is 7.58. The third-order valence-electron chi connectivity index (χ3n) is 5.53. The third-order valence-corrected chi connectivity index (χ3v) is 5.53. The fourth-order valence-corrected chi connectivity index (χ4v) is 3.78. The minimum atomic E-state index is -0.224. The molecule has 4 rings (SSSR count). The maximum absolute atomic E-state index is 6.27. The number of fused-ring (bicyclic) bond motifs is 1. The Labute approximate surface area is 165 Å². The van der Waals surface area contributed by atoms with Gasteiger partial charge in [0.25, 0.3) is 0 Å². The van der Waals surface area contributed by atoms with E-state index < -0.39 is 0 Å². The van der Waals surface area contributed by atoms with Gasteiger partial charge in [-0.3, -0.25) is 4.90 Å². The van der Waals surface area contributed by atoms with Gasteiger partial charge in [0.05, 0.1) is 12.6 Å². The van der Waals surface area contributed by atoms with Crippen LogP contribution < -0.4 is 15.8 Å². The van der Waals surface area contributed by atoms with Gasteiger partial charge in [-0.2, -0.15) is 0 Å². The first-order valence-electron chi connectivity index (χ1n) is 9.37. The number of benzene rings is 2. The molecule has 1 aliphatic rings. The molecule has 0 fully saturated rings. The summed E-state index contributed by atoms with van der Waals surface area (Å²) in [7, 11) is 1.69. The zero-order valence-electron chi connectivity index (χ0n) is 16.2. The summed E-state index contributed by atoms with van der Waals surface area (Å²) >= 11 is 0. The lowest BCUT2D eigenvalue weighted by Crippen LogP contribution is -2.43. The van der Waals surface area contributed by atoms with Crippen LogP contribution in [-0.4, -0.2) is 28.5 Å². The summed E-state index contributed by atoms with van der Waals surface area (Å²) in [6.07, 6.45) is 3.26. The summed E-state index contributed by atoms with van der Waals surface area (Å²) in [5.41, 5.74) is 10.9. The van der Waals surface area contributed by atoms with Crippen molar-refractivity contribution in [2.75, 3.05) is 19.0 Å². The highest BCUT2D eigenvalue weighted by Crippen LogP contribution is 2.41. The fraction of sp³-hybridized carbons (Fsp3) is 0.273. The maximum Gasteiger partial charge on any atom is 0.133 e. The summed E-state index contributed by atoms with van der Waals surface area (Å²) in [6, 6.07) is 16.5. The number of hydrogen-bond donors (Lipinski definition) is 2. The summed E-state index contributed by atoms with van der Waals surface area (Å²) in [4.78, 5) is 10.6.